The van der Waals surface area contributed by atoms with Gasteiger partial charge in [0, 0.05) is 50.1 Å². The monoisotopic (exact) mass is 1030 g/mol. The summed E-state index contributed by atoms with van der Waals surface area (Å²) in [7, 11) is 0. The van der Waals surface area contributed by atoms with Crippen LogP contribution in [-0.4, -0.2) is 14.1 Å². The van der Waals surface area contributed by atoms with Gasteiger partial charge in [-0.2, -0.15) is 47.4 Å². The average Bonchev–Trinajstić information content (AvgIpc) is 4.12. The molecule has 1 aliphatic carbocycles. The van der Waals surface area contributed by atoms with Crippen molar-refractivity contribution in [3.63, 3.8) is 0 Å². The minimum Gasteiger partial charge on any atom is -0.307 e. The van der Waals surface area contributed by atoms with Gasteiger partial charge in [-0.1, -0.05) is 49.4 Å². The Bertz CT molecular complexity index is 4860. The maximum Gasteiger partial charge on any atom is 0.0992 e. The third-order valence-corrected chi connectivity index (χ3v) is 15.1. The van der Waals surface area contributed by atoms with Crippen molar-refractivity contribution in [1.29, 1.82) is 47.4 Å². The Morgan fingerprint density at radius 2 is 0.765 bits per heavy atom. The largest absolute Gasteiger partial charge is 0.307 e. The summed E-state index contributed by atoms with van der Waals surface area (Å²) in [6.07, 6.45) is 7.14. The summed E-state index contributed by atoms with van der Waals surface area (Å²) in [6, 6.07) is 66.7. The van der Waals surface area contributed by atoms with Crippen molar-refractivity contribution in [2.24, 2.45) is 5.92 Å². The van der Waals surface area contributed by atoms with Gasteiger partial charge in [0.25, 0.3) is 0 Å². The molecule has 370 valence electrons. The van der Waals surface area contributed by atoms with E-state index in [4.69, 9.17) is 4.98 Å². The number of hydrogen-bond acceptors (Lipinski definition) is 10. The molecule has 12 nitrogen and oxygen atoms in total. The van der Waals surface area contributed by atoms with E-state index in [2.05, 4.69) is 69.8 Å². The SMILES string of the molecule is CC1C(C#N)=CC(C#N)=CC1c1ccc2c(c1)c1cc(-c3cc(C#N)cc(C#N)c3)ccc1n2-c1cncc(-n2c3ccc(-c4cc(C#N)cc(C#N)c4)cc3c3cc(-c4cc(C#N)cc(C#N)c4)ccc32)c1-c1cccc(C#N)c1. The van der Waals surface area contributed by atoms with Crippen molar-refractivity contribution >= 4 is 43.6 Å². The summed E-state index contributed by atoms with van der Waals surface area (Å²) in [5.74, 6) is -0.547. The number of nitriles is 9. The van der Waals surface area contributed by atoms with Gasteiger partial charge in [0.1, 0.15) is 0 Å². The highest BCUT2D eigenvalue weighted by Gasteiger charge is 2.28. The van der Waals surface area contributed by atoms with Crippen LogP contribution < -0.4 is 0 Å². The van der Waals surface area contributed by atoms with Gasteiger partial charge >= 0.3 is 0 Å². The molecule has 3 heterocycles. The molecule has 0 saturated carbocycles. The molecule has 12 rings (SSSR count). The highest BCUT2D eigenvalue weighted by Crippen LogP contribution is 2.46. The molecule has 1 aliphatic rings. The van der Waals surface area contributed by atoms with E-state index in [1.165, 1.54) is 0 Å². The molecule has 0 aliphatic heterocycles. The first-order valence-electron chi connectivity index (χ1n) is 25.4. The Labute approximate surface area is 464 Å². The highest BCUT2D eigenvalue weighted by atomic mass is 15.0. The molecule has 0 N–H and O–H groups in total. The lowest BCUT2D eigenvalue weighted by atomic mass is 9.77. The van der Waals surface area contributed by atoms with Crippen molar-refractivity contribution in [2.75, 3.05) is 0 Å². The van der Waals surface area contributed by atoms with Crippen molar-refractivity contribution in [3.05, 3.63) is 232 Å². The molecular weight excluding hydrogens is 997 g/mol. The van der Waals surface area contributed by atoms with Crippen LogP contribution in [0.3, 0.4) is 0 Å². The normalized spacial score (nSPS) is 13.5. The summed E-state index contributed by atoms with van der Waals surface area (Å²) in [6.45, 7) is 1.98. The molecule has 0 saturated heterocycles. The van der Waals surface area contributed by atoms with Crippen LogP contribution in [0, 0.1) is 108 Å². The van der Waals surface area contributed by atoms with E-state index in [9.17, 15) is 47.4 Å². The van der Waals surface area contributed by atoms with Gasteiger partial charge < -0.3 is 9.13 Å². The predicted octanol–water partition coefficient (Wildman–Crippen LogP) is 14.7. The van der Waals surface area contributed by atoms with Crippen LogP contribution in [0.5, 0.6) is 0 Å². The zero-order valence-electron chi connectivity index (χ0n) is 42.8. The fraction of sp³-hybridized carbons (Fsp3) is 0.0435. The van der Waals surface area contributed by atoms with E-state index in [1.807, 2.05) is 97.9 Å². The van der Waals surface area contributed by atoms with E-state index >= 15 is 0 Å². The second-order valence-electron chi connectivity index (χ2n) is 19.7. The maximum absolute atomic E-state index is 10.4. The van der Waals surface area contributed by atoms with Crippen LogP contribution in [0.4, 0.5) is 0 Å². The summed E-state index contributed by atoms with van der Waals surface area (Å²) in [5.41, 5.74) is 14.4. The number of rotatable bonds is 7. The maximum atomic E-state index is 10.4. The molecule has 0 fully saturated rings. The molecule has 12 heteroatoms. The van der Waals surface area contributed by atoms with Gasteiger partial charge in [0.2, 0.25) is 0 Å². The lowest BCUT2D eigenvalue weighted by molar-refractivity contribution is 0.611. The van der Waals surface area contributed by atoms with Gasteiger partial charge in [0.15, 0.2) is 0 Å². The molecule has 0 radical (unpaired) electrons. The third-order valence-electron chi connectivity index (χ3n) is 15.1. The number of hydrogen-bond donors (Lipinski definition) is 0. The van der Waals surface area contributed by atoms with Crippen molar-refractivity contribution < 1.29 is 0 Å². The second kappa shape index (κ2) is 19.8. The van der Waals surface area contributed by atoms with Gasteiger partial charge in [-0.3, -0.25) is 4.98 Å². The zero-order chi connectivity index (χ0) is 56.1. The number of benzene rings is 8. The van der Waals surface area contributed by atoms with Crippen molar-refractivity contribution in [1.82, 2.24) is 14.1 Å². The van der Waals surface area contributed by atoms with Crippen LogP contribution in [0.25, 0.3) is 99.5 Å². The van der Waals surface area contributed by atoms with Crippen LogP contribution in [0.2, 0.25) is 0 Å². The number of allylic oxidation sites excluding steroid dienone is 4. The molecule has 8 aromatic carbocycles. The molecule has 2 atom stereocenters. The second-order valence-corrected chi connectivity index (χ2v) is 19.7. The van der Waals surface area contributed by atoms with Crippen molar-refractivity contribution in [3.8, 4) is 111 Å². The zero-order valence-corrected chi connectivity index (χ0v) is 42.8. The molecule has 3 aromatic heterocycles. The number of fused-ring (bicyclic) bond motifs is 6. The summed E-state index contributed by atoms with van der Waals surface area (Å²) in [5, 5.41) is 93.9. The average molecular weight is 1030 g/mol. The van der Waals surface area contributed by atoms with Gasteiger partial charge in [-0.05, 0) is 166 Å². The van der Waals surface area contributed by atoms with Crippen molar-refractivity contribution in [2.45, 2.75) is 12.8 Å². The molecule has 81 heavy (non-hydrogen) atoms. The topological polar surface area (TPSA) is 237 Å². The summed E-state index contributed by atoms with van der Waals surface area (Å²) >= 11 is 0. The molecule has 11 aromatic rings. The summed E-state index contributed by atoms with van der Waals surface area (Å²) < 4.78 is 4.27. The highest BCUT2D eigenvalue weighted by molar-refractivity contribution is 6.14. The van der Waals surface area contributed by atoms with E-state index in [1.54, 1.807) is 79.1 Å². The minimum absolute atomic E-state index is 0.236. The van der Waals surface area contributed by atoms with E-state index in [0.29, 0.717) is 89.3 Å². The van der Waals surface area contributed by atoms with Crippen LogP contribution >= 0.6 is 0 Å². The number of pyridine rings is 1. The Kier molecular flexibility index (Phi) is 12.1. The first-order valence-corrected chi connectivity index (χ1v) is 25.4. The molecule has 2 unspecified atom stereocenters. The van der Waals surface area contributed by atoms with E-state index in [-0.39, 0.29) is 11.8 Å². The quantitative estimate of drug-likeness (QED) is 0.146. The Morgan fingerprint density at radius 1 is 0.370 bits per heavy atom. The van der Waals surface area contributed by atoms with Crippen LogP contribution in [0.1, 0.15) is 57.3 Å². The fourth-order valence-corrected chi connectivity index (χ4v) is 11.4. The minimum atomic E-state index is -0.311. The Balaban J connectivity index is 1.17. The fourth-order valence-electron chi connectivity index (χ4n) is 11.4. The lowest BCUT2D eigenvalue weighted by Gasteiger charge is -2.25. The standard InChI is InChI=1S/C69H34N12/c1-40-57(37-78)23-48(36-77)24-58(40)52-8-12-66-62(28-52)61-27-51(56-21-46(34-75)15-47(22-56)35-76)7-11-65(61)81(66)68-39-79-38-67(69(68)53-4-2-3-41(16-53)29-70)80-63-9-5-49(54-17-42(30-71)13-43(18-54)31-72)25-59(63)60-26-50(6-10-64(60)80)55-19-44(32-73)14-45(20-55)33-74/h2-28,38-40,58H,1H3. The smallest absolute Gasteiger partial charge is 0.0992 e. The first kappa shape index (κ1) is 49.3. The van der Waals surface area contributed by atoms with Crippen LogP contribution in [0.15, 0.2) is 187 Å². The molecular formula is C69H34N12. The Morgan fingerprint density at radius 3 is 1.16 bits per heavy atom. The van der Waals surface area contributed by atoms with E-state index < -0.39 is 0 Å². The lowest BCUT2D eigenvalue weighted by Crippen LogP contribution is -2.14. The first-order chi connectivity index (χ1) is 39.6. The van der Waals surface area contributed by atoms with Gasteiger partial charge in [0.05, 0.1) is 139 Å². The molecule has 0 spiro atoms. The van der Waals surface area contributed by atoms with Crippen LogP contribution in [-0.2, 0) is 0 Å². The third kappa shape index (κ3) is 8.39. The van der Waals surface area contributed by atoms with Gasteiger partial charge in [-0.15, -0.1) is 0 Å². The molecule has 0 bridgehead atoms. The number of nitrogens with zero attached hydrogens (tertiary/aromatic N) is 12. The molecule has 0 amide bonds. The summed E-state index contributed by atoms with van der Waals surface area (Å²) in [4.78, 5) is 5.03. The predicted molar refractivity (Wildman–Crippen MR) is 307 cm³/mol. The number of aromatic nitrogens is 3. The van der Waals surface area contributed by atoms with Gasteiger partial charge in [-0.25, -0.2) is 0 Å². The van der Waals surface area contributed by atoms with E-state index in [0.717, 1.165) is 65.9 Å². The Hall–Kier alpha value is -12.6.